The number of aldehydes is 1. The van der Waals surface area contributed by atoms with Gasteiger partial charge in [-0.05, 0) is 42.4 Å². The van der Waals surface area contributed by atoms with Crippen LogP contribution in [0.5, 0.6) is 0 Å². The fourth-order valence-electron chi connectivity index (χ4n) is 2.99. The highest BCUT2D eigenvalue weighted by atomic mass is 16.5. The fraction of sp³-hybridized carbons (Fsp3) is 0.900. The molecule has 0 saturated heterocycles. The van der Waals surface area contributed by atoms with Gasteiger partial charge in [0.1, 0.15) is 12.4 Å². The lowest BCUT2D eigenvalue weighted by Gasteiger charge is -2.36. The van der Waals surface area contributed by atoms with Crippen LogP contribution in [0.25, 0.3) is 0 Å². The molecule has 0 amide bonds. The molecule has 1 fully saturated rings. The van der Waals surface area contributed by atoms with E-state index in [1.165, 1.54) is 12.8 Å². The molecule has 3 nitrogen and oxygen atoms in total. The van der Waals surface area contributed by atoms with Crippen molar-refractivity contribution in [3.63, 3.8) is 0 Å². The van der Waals surface area contributed by atoms with Crippen LogP contribution in [0, 0.1) is 29.6 Å². The second-order valence-electron chi connectivity index (χ2n) is 8.25. The average molecular weight is 327 g/mol. The molecule has 1 aliphatic carbocycles. The quantitative estimate of drug-likeness (QED) is 0.493. The molecule has 0 N–H and O–H groups in total. The van der Waals surface area contributed by atoms with Crippen LogP contribution in [-0.4, -0.2) is 18.4 Å². The van der Waals surface area contributed by atoms with Crippen LogP contribution in [0.4, 0.5) is 0 Å². The summed E-state index contributed by atoms with van der Waals surface area (Å²) >= 11 is 0. The molecule has 1 aliphatic rings. The maximum absolute atomic E-state index is 11.8. The van der Waals surface area contributed by atoms with Gasteiger partial charge >= 0.3 is 5.97 Å². The van der Waals surface area contributed by atoms with E-state index in [2.05, 4.69) is 34.6 Å². The first-order chi connectivity index (χ1) is 10.7. The van der Waals surface area contributed by atoms with Crippen molar-refractivity contribution in [1.82, 2.24) is 0 Å². The normalized spacial score (nSPS) is 24.3. The van der Waals surface area contributed by atoms with E-state index in [-0.39, 0.29) is 12.1 Å². The summed E-state index contributed by atoms with van der Waals surface area (Å²) in [5.74, 6) is 2.77. The third-order valence-electron chi connectivity index (χ3n) is 4.39. The van der Waals surface area contributed by atoms with Crippen LogP contribution in [0.3, 0.4) is 0 Å². The van der Waals surface area contributed by atoms with Gasteiger partial charge in [-0.1, -0.05) is 54.9 Å². The van der Waals surface area contributed by atoms with Crippen LogP contribution in [0.1, 0.15) is 80.6 Å². The van der Waals surface area contributed by atoms with Crippen molar-refractivity contribution in [2.24, 2.45) is 29.6 Å². The van der Waals surface area contributed by atoms with Gasteiger partial charge in [-0.15, -0.1) is 0 Å². The Morgan fingerprint density at radius 3 is 2.09 bits per heavy atom. The Morgan fingerprint density at radius 1 is 1.09 bits per heavy atom. The lowest BCUT2D eigenvalue weighted by atomic mass is 9.75. The number of ether oxygens (including phenoxy) is 1. The summed E-state index contributed by atoms with van der Waals surface area (Å²) in [6, 6.07) is 0. The smallest absolute Gasteiger partial charge is 0.306 e. The highest BCUT2D eigenvalue weighted by Crippen LogP contribution is 2.35. The van der Waals surface area contributed by atoms with E-state index in [1.807, 2.05) is 13.8 Å². The molecule has 3 atom stereocenters. The third kappa shape index (κ3) is 10.5. The Labute approximate surface area is 143 Å². The van der Waals surface area contributed by atoms with E-state index in [4.69, 9.17) is 4.74 Å². The zero-order valence-electron chi connectivity index (χ0n) is 16.3. The van der Waals surface area contributed by atoms with Gasteiger partial charge in [0.25, 0.3) is 0 Å². The molecule has 0 bridgehead atoms. The minimum atomic E-state index is -0.00949. The highest BCUT2D eigenvalue weighted by molar-refractivity contribution is 5.69. The minimum Gasteiger partial charge on any atom is -0.462 e. The SMILES string of the molecule is CC(C)CC(=O)OC1CC(C)CCC1C(C)C.CC(C)CC=O. The van der Waals surface area contributed by atoms with Gasteiger partial charge in [0.2, 0.25) is 0 Å². The molecule has 1 saturated carbocycles. The molecule has 0 radical (unpaired) electrons. The largest absolute Gasteiger partial charge is 0.462 e. The molecular formula is C20H38O3. The first kappa shape index (κ1) is 22.1. The van der Waals surface area contributed by atoms with Gasteiger partial charge in [-0.3, -0.25) is 4.79 Å². The van der Waals surface area contributed by atoms with Crippen molar-refractivity contribution in [2.75, 3.05) is 0 Å². The number of rotatable bonds is 6. The van der Waals surface area contributed by atoms with E-state index in [0.717, 1.165) is 12.7 Å². The zero-order valence-corrected chi connectivity index (χ0v) is 16.3. The van der Waals surface area contributed by atoms with Crippen molar-refractivity contribution in [3.05, 3.63) is 0 Å². The van der Waals surface area contributed by atoms with Crippen molar-refractivity contribution < 1.29 is 14.3 Å². The van der Waals surface area contributed by atoms with Gasteiger partial charge < -0.3 is 9.53 Å². The van der Waals surface area contributed by atoms with Gasteiger partial charge in [0, 0.05) is 12.8 Å². The third-order valence-corrected chi connectivity index (χ3v) is 4.39. The van der Waals surface area contributed by atoms with Gasteiger partial charge in [0.15, 0.2) is 0 Å². The number of esters is 1. The summed E-state index contributed by atoms with van der Waals surface area (Å²) in [6.45, 7) is 14.9. The molecule has 0 aromatic rings. The van der Waals surface area contributed by atoms with Gasteiger partial charge in [-0.25, -0.2) is 0 Å². The Hall–Kier alpha value is -0.860. The van der Waals surface area contributed by atoms with Crippen LogP contribution in [-0.2, 0) is 14.3 Å². The second kappa shape index (κ2) is 11.6. The molecule has 0 aliphatic heterocycles. The Morgan fingerprint density at radius 2 is 1.70 bits per heavy atom. The van der Waals surface area contributed by atoms with Crippen molar-refractivity contribution in [1.29, 1.82) is 0 Å². The van der Waals surface area contributed by atoms with E-state index in [0.29, 0.717) is 42.4 Å². The van der Waals surface area contributed by atoms with Crippen molar-refractivity contribution >= 4 is 12.3 Å². The minimum absolute atomic E-state index is 0.00949. The van der Waals surface area contributed by atoms with E-state index < -0.39 is 0 Å². The summed E-state index contributed by atoms with van der Waals surface area (Å²) in [6.07, 6.45) is 5.89. The van der Waals surface area contributed by atoms with Crippen LogP contribution >= 0.6 is 0 Å². The van der Waals surface area contributed by atoms with Crippen LogP contribution in [0.2, 0.25) is 0 Å². The van der Waals surface area contributed by atoms with Gasteiger partial charge in [-0.2, -0.15) is 0 Å². The van der Waals surface area contributed by atoms with E-state index in [1.54, 1.807) is 0 Å². The summed E-state index contributed by atoms with van der Waals surface area (Å²) in [7, 11) is 0. The average Bonchev–Trinajstić information content (AvgIpc) is 2.37. The van der Waals surface area contributed by atoms with E-state index in [9.17, 15) is 9.59 Å². The van der Waals surface area contributed by atoms with E-state index >= 15 is 0 Å². The standard InChI is InChI=1S/C15H28O2.C5H10O/c1-10(2)8-15(16)17-14-9-12(5)6-7-13(14)11(3)4;1-5(2)3-4-6/h10-14H,6-9H2,1-5H3;4-5H,3H2,1-2H3. The molecule has 3 unspecified atom stereocenters. The maximum atomic E-state index is 11.8. The highest BCUT2D eigenvalue weighted by Gasteiger charge is 2.33. The Kier molecular flexibility index (Phi) is 11.2. The summed E-state index contributed by atoms with van der Waals surface area (Å²) in [5, 5.41) is 0. The lowest BCUT2D eigenvalue weighted by Crippen LogP contribution is -2.36. The first-order valence-electron chi connectivity index (χ1n) is 9.30. The Bertz CT molecular complexity index is 334. The molecule has 23 heavy (non-hydrogen) atoms. The predicted octanol–water partition coefficient (Wildman–Crippen LogP) is 5.27. The zero-order chi connectivity index (χ0) is 18.0. The summed E-state index contributed by atoms with van der Waals surface area (Å²) in [5.41, 5.74) is 0. The first-order valence-corrected chi connectivity index (χ1v) is 9.30. The number of hydrogen-bond donors (Lipinski definition) is 0. The molecule has 3 heteroatoms. The number of hydrogen-bond acceptors (Lipinski definition) is 3. The summed E-state index contributed by atoms with van der Waals surface area (Å²) in [4.78, 5) is 21.4. The maximum Gasteiger partial charge on any atom is 0.306 e. The number of carbonyl (C=O) groups is 2. The van der Waals surface area contributed by atoms with Crippen molar-refractivity contribution in [3.8, 4) is 0 Å². The molecular weight excluding hydrogens is 288 g/mol. The molecule has 0 heterocycles. The van der Waals surface area contributed by atoms with Crippen LogP contribution in [0.15, 0.2) is 0 Å². The van der Waals surface area contributed by atoms with Crippen LogP contribution < -0.4 is 0 Å². The molecule has 0 aromatic carbocycles. The summed E-state index contributed by atoms with van der Waals surface area (Å²) < 4.78 is 5.71. The lowest BCUT2D eigenvalue weighted by molar-refractivity contribution is -0.156. The molecule has 1 rings (SSSR count). The monoisotopic (exact) mass is 326 g/mol. The predicted molar refractivity (Wildman–Crippen MR) is 96.2 cm³/mol. The number of carbonyl (C=O) groups excluding carboxylic acids is 2. The molecule has 0 aromatic heterocycles. The Balaban J connectivity index is 0.000000688. The second-order valence-corrected chi connectivity index (χ2v) is 8.25. The van der Waals surface area contributed by atoms with Gasteiger partial charge in [0.05, 0.1) is 0 Å². The topological polar surface area (TPSA) is 43.4 Å². The van der Waals surface area contributed by atoms with Crippen molar-refractivity contribution in [2.45, 2.75) is 86.7 Å². The molecule has 136 valence electrons. The molecule has 0 spiro atoms. The fourth-order valence-corrected chi connectivity index (χ4v) is 2.99.